The van der Waals surface area contributed by atoms with Gasteiger partial charge in [-0.15, -0.1) is 0 Å². The molecule has 0 fully saturated rings. The molecule has 2 heterocycles. The number of nitrogens with one attached hydrogen (secondary N) is 11. The molecule has 116 heavy (non-hydrogen) atoms. The summed E-state index contributed by atoms with van der Waals surface area (Å²) in [6.45, 7) is 10.5. The number of nitrogens with two attached hydrogens (primary N) is 1. The average Bonchev–Trinajstić information content (AvgIpc) is 1.32. The predicted octanol–water partition coefficient (Wildman–Crippen LogP) is 7.36. The Hall–Kier alpha value is -12.7. The topological polar surface area (TPSA) is 407 Å². The van der Waals surface area contributed by atoms with Crippen LogP contribution in [0.3, 0.4) is 0 Å². The van der Waals surface area contributed by atoms with Crippen molar-refractivity contribution >= 4 is 65.4 Å². The Morgan fingerprint density at radius 3 is 1.11 bits per heavy atom. The Labute approximate surface area is 677 Å². The molecular weight excluding hydrogens is 1480 g/mol. The maximum absolute atomic E-state index is 15.3. The number of primary amides is 1. The SMILES string of the molecule is CCC(NC(=O)C(CCCCCNC(N)=O)NC(=O)C(CC)NC(=O)C(Cc1cn(C(c2ccccc2)(c2ccccc2)c2ccccc2)cn1)NC(=O)C(CCCNC(=NC)NC)NC(C)=O)C(=O)NC(Cc1cn(C(c2ccccc2)(c2ccccc2)c2ccccc2)cn1)C(=O)NC(CCCCNC(=O)OC(C)(C)C)C(=O)O. The van der Waals surface area contributed by atoms with Crippen molar-refractivity contribution in [2.24, 2.45) is 10.7 Å². The van der Waals surface area contributed by atoms with E-state index in [2.05, 4.69) is 63.5 Å². The van der Waals surface area contributed by atoms with E-state index >= 15 is 14.4 Å². The number of carbonyl (C=O) groups excluding carboxylic acids is 9. The van der Waals surface area contributed by atoms with E-state index in [0.717, 1.165) is 33.4 Å². The van der Waals surface area contributed by atoms with Gasteiger partial charge in [0.05, 0.1) is 24.0 Å². The first-order valence-electron chi connectivity index (χ1n) is 39.4. The Morgan fingerprint density at radius 1 is 0.431 bits per heavy atom. The molecular formula is C87H111N17O12. The zero-order valence-corrected chi connectivity index (χ0v) is 67.2. The van der Waals surface area contributed by atoms with Crippen LogP contribution in [-0.4, -0.2) is 171 Å². The molecule has 10 amide bonds. The second-order valence-electron chi connectivity index (χ2n) is 29.3. The van der Waals surface area contributed by atoms with Crippen LogP contribution in [0.15, 0.2) is 212 Å². The standard InChI is InChI=1S/C87H111N17O12/c1-9-68(98-79(110)73(102-77(108)70(96-59(3)105)49-34-52-92-83(89-7)90-8)53-66-55-103(57-94-66)86(60-35-18-11-19-36-60,61-37-20-12-21-38-61)62-39-22-13-23-40-62)75(106)99-71(47-30-17-32-50-91-82(88)114)78(109)97-69(10-2)76(107)101-74(80(111)100-72(81(112)113)48-31-33-51-93-84(115)116-85(4,5)6)54-67-56-104(58-95-67)87(63-41-24-14-25-42-63,64-43-26-15-27-44-64)65-45-28-16-29-46-65/h11-16,18-29,35-46,55-58,68-74H,9-10,17,30-34,47-54H2,1-8H3,(H,93,115)(H,96,105)(H,97,109)(H,98,110)(H,99,106)(H,100,111)(H,101,107)(H,102,108)(H,112,113)(H3,88,91,114)(H2,89,90,92). The number of carboxylic acid groups (broad SMARTS) is 1. The van der Waals surface area contributed by atoms with Crippen LogP contribution in [-0.2, 0) is 67.0 Å². The van der Waals surface area contributed by atoms with Crippen LogP contribution in [0.5, 0.6) is 0 Å². The van der Waals surface area contributed by atoms with Crippen molar-refractivity contribution in [3.63, 3.8) is 0 Å². The fourth-order valence-corrected chi connectivity index (χ4v) is 14.1. The summed E-state index contributed by atoms with van der Waals surface area (Å²) < 4.78 is 9.22. The number of aromatic nitrogens is 4. The number of hydrogen-bond donors (Lipinski definition) is 13. The summed E-state index contributed by atoms with van der Waals surface area (Å²) in [4.78, 5) is 154. The number of aliphatic imine (C=N–C) groups is 1. The highest BCUT2D eigenvalue weighted by Crippen LogP contribution is 2.43. The van der Waals surface area contributed by atoms with Gasteiger partial charge in [0.1, 0.15) is 59.0 Å². The van der Waals surface area contributed by atoms with Crippen molar-refractivity contribution in [1.29, 1.82) is 0 Å². The zero-order chi connectivity index (χ0) is 83.6. The maximum Gasteiger partial charge on any atom is 0.407 e. The number of hydrogen-bond acceptors (Lipinski definition) is 14. The number of carboxylic acids is 1. The van der Waals surface area contributed by atoms with E-state index in [0.29, 0.717) is 56.0 Å². The van der Waals surface area contributed by atoms with E-state index in [1.807, 2.05) is 191 Å². The number of imidazole rings is 2. The Bertz CT molecular complexity index is 4330. The van der Waals surface area contributed by atoms with Crippen molar-refractivity contribution < 1.29 is 57.8 Å². The average molecular weight is 1590 g/mol. The van der Waals surface area contributed by atoms with Gasteiger partial charge in [0.25, 0.3) is 0 Å². The number of alkyl carbamates (subject to hydrolysis) is 1. The number of ether oxygens (including phenoxy) is 1. The molecule has 7 unspecified atom stereocenters. The van der Waals surface area contributed by atoms with E-state index in [1.54, 1.807) is 73.8 Å². The van der Waals surface area contributed by atoms with Gasteiger partial charge in [0.15, 0.2) is 5.96 Å². The summed E-state index contributed by atoms with van der Waals surface area (Å²) in [6.07, 6.45) is 7.79. The zero-order valence-electron chi connectivity index (χ0n) is 67.2. The van der Waals surface area contributed by atoms with Crippen molar-refractivity contribution in [3.8, 4) is 0 Å². The number of aliphatic carboxylic acids is 1. The van der Waals surface area contributed by atoms with Crippen LogP contribution in [0.4, 0.5) is 9.59 Å². The quantitative estimate of drug-likeness (QED) is 0.00768. The smallest absolute Gasteiger partial charge is 0.407 e. The molecule has 0 aliphatic heterocycles. The molecule has 7 atom stereocenters. The van der Waals surface area contributed by atoms with Crippen molar-refractivity contribution in [1.82, 2.24) is 77.6 Å². The fourth-order valence-electron chi connectivity index (χ4n) is 14.1. The first-order chi connectivity index (χ1) is 55.8. The lowest BCUT2D eigenvalue weighted by Gasteiger charge is -2.37. The van der Waals surface area contributed by atoms with Gasteiger partial charge in [-0.2, -0.15) is 0 Å². The third-order valence-electron chi connectivity index (χ3n) is 19.8. The Kier molecular flexibility index (Phi) is 33.8. The molecule has 0 bridgehead atoms. The summed E-state index contributed by atoms with van der Waals surface area (Å²) >= 11 is 0. The van der Waals surface area contributed by atoms with E-state index < -0.39 is 118 Å². The molecule has 29 heteroatoms. The van der Waals surface area contributed by atoms with Crippen molar-refractivity contribution in [3.05, 3.63) is 252 Å². The molecule has 6 aromatic carbocycles. The number of nitrogens with zero attached hydrogens (tertiary/aromatic N) is 5. The van der Waals surface area contributed by atoms with Gasteiger partial charge in [-0.1, -0.05) is 209 Å². The predicted molar refractivity (Wildman–Crippen MR) is 442 cm³/mol. The minimum Gasteiger partial charge on any atom is -0.480 e. The molecule has 0 radical (unpaired) electrons. The summed E-state index contributed by atoms with van der Waals surface area (Å²) in [5.41, 5.74) is 8.54. The molecule has 8 aromatic rings. The van der Waals surface area contributed by atoms with E-state index in [1.165, 1.54) is 6.92 Å². The van der Waals surface area contributed by atoms with Crippen LogP contribution in [0.25, 0.3) is 0 Å². The lowest BCUT2D eigenvalue weighted by Crippen LogP contribution is -2.60. The highest BCUT2D eigenvalue weighted by molar-refractivity contribution is 5.97. The van der Waals surface area contributed by atoms with Crippen LogP contribution in [0.1, 0.15) is 157 Å². The van der Waals surface area contributed by atoms with Crippen LogP contribution in [0, 0.1) is 0 Å². The molecule has 2 aromatic heterocycles. The van der Waals surface area contributed by atoms with E-state index in [9.17, 15) is 38.7 Å². The number of urea groups is 1. The largest absolute Gasteiger partial charge is 0.480 e. The van der Waals surface area contributed by atoms with Crippen LogP contribution < -0.4 is 64.2 Å². The molecule has 0 aliphatic carbocycles. The lowest BCUT2D eigenvalue weighted by molar-refractivity contribution is -0.142. The first kappa shape index (κ1) is 88.9. The molecule has 0 saturated heterocycles. The van der Waals surface area contributed by atoms with Crippen molar-refractivity contribution in [2.45, 2.75) is 184 Å². The summed E-state index contributed by atoms with van der Waals surface area (Å²) in [5, 5.41) is 41.4. The second-order valence-corrected chi connectivity index (χ2v) is 29.3. The number of rotatable bonds is 43. The summed E-state index contributed by atoms with van der Waals surface area (Å²) in [5.74, 6) is -6.20. The normalized spacial score (nSPS) is 13.4. The molecule has 0 saturated carbocycles. The molecule has 29 nitrogen and oxygen atoms in total. The number of amides is 10. The Balaban J connectivity index is 1.08. The number of guanidine groups is 1. The van der Waals surface area contributed by atoms with Gasteiger partial charge in [-0.3, -0.25) is 38.6 Å². The monoisotopic (exact) mass is 1590 g/mol. The third-order valence-corrected chi connectivity index (χ3v) is 19.8. The first-order valence-corrected chi connectivity index (χ1v) is 39.4. The van der Waals surface area contributed by atoms with Gasteiger partial charge in [-0.25, -0.2) is 24.4 Å². The number of carbonyl (C=O) groups is 10. The van der Waals surface area contributed by atoms with Gasteiger partial charge >= 0.3 is 18.1 Å². The Morgan fingerprint density at radius 2 is 0.750 bits per heavy atom. The van der Waals surface area contributed by atoms with Gasteiger partial charge in [0.2, 0.25) is 41.4 Å². The minimum absolute atomic E-state index is 0.0201. The van der Waals surface area contributed by atoms with Crippen molar-refractivity contribution in [2.75, 3.05) is 33.7 Å². The van der Waals surface area contributed by atoms with E-state index in [-0.39, 0.29) is 64.5 Å². The van der Waals surface area contributed by atoms with Gasteiger partial charge in [0, 0.05) is 65.9 Å². The number of unbranched alkanes of at least 4 members (excludes halogenated alkanes) is 3. The summed E-state index contributed by atoms with van der Waals surface area (Å²) in [7, 11) is 3.31. The summed E-state index contributed by atoms with van der Waals surface area (Å²) in [6, 6.07) is 48.6. The molecule has 14 N–H and O–H groups in total. The second kappa shape index (κ2) is 44.1. The molecule has 0 spiro atoms. The van der Waals surface area contributed by atoms with Crippen LogP contribution in [0.2, 0.25) is 0 Å². The molecule has 616 valence electrons. The van der Waals surface area contributed by atoms with Crippen LogP contribution >= 0.6 is 0 Å². The maximum atomic E-state index is 15.3. The third kappa shape index (κ3) is 24.9. The van der Waals surface area contributed by atoms with Gasteiger partial charge < -0.3 is 83.2 Å². The minimum atomic E-state index is -1.52. The molecule has 8 rings (SSSR count). The molecule has 0 aliphatic rings. The van der Waals surface area contributed by atoms with Gasteiger partial charge in [-0.05, 0) is 112 Å². The number of benzene rings is 6. The highest BCUT2D eigenvalue weighted by atomic mass is 16.6. The highest BCUT2D eigenvalue weighted by Gasteiger charge is 2.42. The fraction of sp³-hybridized carbons (Fsp3) is 0.391. The van der Waals surface area contributed by atoms with E-state index in [4.69, 9.17) is 20.4 Å². The lowest BCUT2D eigenvalue weighted by atomic mass is 9.77.